The highest BCUT2D eigenvalue weighted by Crippen LogP contribution is 2.43. The van der Waals surface area contributed by atoms with Crippen LogP contribution in [0.3, 0.4) is 0 Å². The number of aromatic nitrogens is 2. The van der Waals surface area contributed by atoms with E-state index in [0.29, 0.717) is 36.1 Å². The van der Waals surface area contributed by atoms with Crippen LogP contribution in [-0.2, 0) is 12.8 Å². The number of hydrogen-bond donors (Lipinski definition) is 0. The number of fused-ring (bicyclic) bond motifs is 3. The highest BCUT2D eigenvalue weighted by molar-refractivity contribution is 7.19. The lowest BCUT2D eigenvalue weighted by molar-refractivity contribution is 0.0746. The zero-order valence-electron chi connectivity index (χ0n) is 22.8. The monoisotopic (exact) mass is 534 g/mol. The van der Waals surface area contributed by atoms with Crippen molar-refractivity contribution >= 4 is 33.3 Å². The van der Waals surface area contributed by atoms with Crippen LogP contribution >= 0.6 is 11.3 Å². The first-order valence-corrected chi connectivity index (χ1v) is 14.9. The Morgan fingerprint density at radius 3 is 2.34 bits per heavy atom. The van der Waals surface area contributed by atoms with Gasteiger partial charge in [0.2, 0.25) is 0 Å². The Balaban J connectivity index is 1.28. The molecule has 7 nitrogen and oxygen atoms in total. The topological polar surface area (TPSA) is 67.8 Å². The lowest BCUT2D eigenvalue weighted by atomic mass is 9.88. The van der Waals surface area contributed by atoms with Gasteiger partial charge in [-0.3, -0.25) is 4.79 Å². The van der Waals surface area contributed by atoms with Gasteiger partial charge in [0.1, 0.15) is 28.0 Å². The minimum Gasteiger partial charge on any atom is -0.497 e. The van der Waals surface area contributed by atoms with Gasteiger partial charge in [0.25, 0.3) is 5.91 Å². The summed E-state index contributed by atoms with van der Waals surface area (Å²) in [6, 6.07) is 5.38. The van der Waals surface area contributed by atoms with Crippen molar-refractivity contribution in [3.8, 4) is 11.5 Å². The fourth-order valence-corrected chi connectivity index (χ4v) is 7.73. The van der Waals surface area contributed by atoms with Crippen molar-refractivity contribution < 1.29 is 14.3 Å². The summed E-state index contributed by atoms with van der Waals surface area (Å²) in [6.07, 6.45) is 9.76. The number of methoxy groups -OCH3 is 2. The quantitative estimate of drug-likeness (QED) is 0.410. The number of aryl methyl sites for hydroxylation is 1. The fourth-order valence-electron chi connectivity index (χ4n) is 6.35. The van der Waals surface area contributed by atoms with Crippen LogP contribution in [0.1, 0.15) is 78.0 Å². The summed E-state index contributed by atoms with van der Waals surface area (Å²) in [7, 11) is 3.21. The smallest absolute Gasteiger partial charge is 0.254 e. The van der Waals surface area contributed by atoms with E-state index in [2.05, 4.69) is 11.8 Å². The fraction of sp³-hybridized carbons (Fsp3) is 0.567. The second-order valence-electron chi connectivity index (χ2n) is 11.2. The van der Waals surface area contributed by atoms with Crippen LogP contribution in [0.25, 0.3) is 10.2 Å². The Kier molecular flexibility index (Phi) is 7.16. The third kappa shape index (κ3) is 4.83. The van der Waals surface area contributed by atoms with Crippen molar-refractivity contribution in [3.63, 3.8) is 0 Å². The average molecular weight is 535 g/mol. The van der Waals surface area contributed by atoms with Crippen LogP contribution in [0.5, 0.6) is 11.5 Å². The molecular weight excluding hydrogens is 496 g/mol. The molecule has 1 saturated heterocycles. The van der Waals surface area contributed by atoms with Crippen molar-refractivity contribution in [1.29, 1.82) is 0 Å². The van der Waals surface area contributed by atoms with Crippen molar-refractivity contribution in [2.45, 2.75) is 64.2 Å². The number of nitrogens with zero attached hydrogens (tertiary/aromatic N) is 4. The lowest BCUT2D eigenvalue weighted by Gasteiger charge is -2.36. The van der Waals surface area contributed by atoms with Gasteiger partial charge in [0.15, 0.2) is 0 Å². The van der Waals surface area contributed by atoms with Gasteiger partial charge in [-0.1, -0.05) is 26.2 Å². The number of ether oxygens (including phenoxy) is 2. The maximum Gasteiger partial charge on any atom is 0.254 e. The summed E-state index contributed by atoms with van der Waals surface area (Å²) in [5, 5.41) is 1.29. The minimum atomic E-state index is 0.0134. The molecular formula is C30H38N4O3S. The Hall–Kier alpha value is -2.87. The number of amides is 1. The Morgan fingerprint density at radius 2 is 1.66 bits per heavy atom. The zero-order chi connectivity index (χ0) is 26.2. The van der Waals surface area contributed by atoms with E-state index in [-0.39, 0.29) is 5.91 Å². The first kappa shape index (κ1) is 25.4. The number of benzene rings is 1. The SMILES string of the molecule is COc1cc(OC)cc(C(=O)N2CCN(c3nc(C4CCCCC4)nc4sc5c(c34)CCC(C)C5)CC2)c1. The van der Waals surface area contributed by atoms with Gasteiger partial charge < -0.3 is 19.3 Å². The predicted octanol–water partition coefficient (Wildman–Crippen LogP) is 5.84. The summed E-state index contributed by atoms with van der Waals surface area (Å²) in [5.74, 6) is 4.62. The van der Waals surface area contributed by atoms with E-state index in [1.165, 1.54) is 59.2 Å². The van der Waals surface area contributed by atoms with Crippen molar-refractivity contribution in [1.82, 2.24) is 14.9 Å². The second-order valence-corrected chi connectivity index (χ2v) is 12.2. The maximum atomic E-state index is 13.4. The summed E-state index contributed by atoms with van der Waals surface area (Å²) in [5.41, 5.74) is 2.08. The summed E-state index contributed by atoms with van der Waals surface area (Å²) >= 11 is 1.90. The maximum absolute atomic E-state index is 13.4. The molecule has 2 aliphatic carbocycles. The normalized spacial score (nSPS) is 20.4. The van der Waals surface area contributed by atoms with Crippen LogP contribution < -0.4 is 14.4 Å². The molecule has 8 heteroatoms. The van der Waals surface area contributed by atoms with Gasteiger partial charge in [-0.05, 0) is 55.7 Å². The summed E-state index contributed by atoms with van der Waals surface area (Å²) < 4.78 is 10.8. The number of hydrogen-bond acceptors (Lipinski definition) is 7. The molecule has 1 unspecified atom stereocenters. The van der Waals surface area contributed by atoms with Gasteiger partial charge in [-0.15, -0.1) is 11.3 Å². The average Bonchev–Trinajstić information content (AvgIpc) is 3.34. The second kappa shape index (κ2) is 10.7. The Morgan fingerprint density at radius 1 is 0.947 bits per heavy atom. The number of piperazine rings is 1. The molecule has 0 N–H and O–H groups in total. The van der Waals surface area contributed by atoms with E-state index < -0.39 is 0 Å². The highest BCUT2D eigenvalue weighted by atomic mass is 32.1. The minimum absolute atomic E-state index is 0.0134. The van der Waals surface area contributed by atoms with Gasteiger partial charge in [-0.25, -0.2) is 9.97 Å². The standard InChI is InChI=1S/C30H38N4O3S/c1-19-9-10-24-25(15-19)38-29-26(24)28(31-27(32-29)20-7-5-4-6-8-20)33-11-13-34(14-12-33)30(35)21-16-22(36-2)18-23(17-21)37-3/h16-20H,4-15H2,1-3H3. The molecule has 202 valence electrons. The van der Waals surface area contributed by atoms with Crippen LogP contribution in [0, 0.1) is 5.92 Å². The summed E-state index contributed by atoms with van der Waals surface area (Å²) in [6.45, 7) is 5.22. The molecule has 1 aliphatic heterocycles. The van der Waals surface area contributed by atoms with Gasteiger partial charge >= 0.3 is 0 Å². The van der Waals surface area contributed by atoms with Crippen molar-refractivity contribution in [2.24, 2.45) is 5.92 Å². The molecule has 0 spiro atoms. The van der Waals surface area contributed by atoms with Crippen molar-refractivity contribution in [2.75, 3.05) is 45.3 Å². The molecule has 0 radical (unpaired) electrons. The van der Waals surface area contributed by atoms with Crippen LogP contribution in [-0.4, -0.2) is 61.2 Å². The molecule has 1 atom stereocenters. The largest absolute Gasteiger partial charge is 0.497 e. The molecule has 38 heavy (non-hydrogen) atoms. The van der Waals surface area contributed by atoms with E-state index in [1.807, 2.05) is 16.2 Å². The number of thiophene rings is 1. The lowest BCUT2D eigenvalue weighted by Crippen LogP contribution is -2.49. The molecule has 2 aromatic heterocycles. The molecule has 3 aromatic rings. The van der Waals surface area contributed by atoms with E-state index in [4.69, 9.17) is 19.4 Å². The zero-order valence-corrected chi connectivity index (χ0v) is 23.6. The third-order valence-corrected chi connectivity index (χ3v) is 9.74. The summed E-state index contributed by atoms with van der Waals surface area (Å²) in [4.78, 5) is 30.9. The van der Waals surface area contributed by atoms with E-state index in [0.717, 1.165) is 43.5 Å². The molecule has 0 bridgehead atoms. The number of anilines is 1. The number of carbonyl (C=O) groups is 1. The number of carbonyl (C=O) groups excluding carboxylic acids is 1. The van der Waals surface area contributed by atoms with Crippen LogP contribution in [0.2, 0.25) is 0 Å². The van der Waals surface area contributed by atoms with Gasteiger partial charge in [0, 0.05) is 48.6 Å². The van der Waals surface area contributed by atoms with Crippen molar-refractivity contribution in [3.05, 3.63) is 40.0 Å². The van der Waals surface area contributed by atoms with E-state index in [9.17, 15) is 4.79 Å². The molecule has 6 rings (SSSR count). The molecule has 1 saturated carbocycles. The first-order chi connectivity index (χ1) is 18.5. The Bertz CT molecular complexity index is 1300. The van der Waals surface area contributed by atoms with E-state index >= 15 is 0 Å². The van der Waals surface area contributed by atoms with E-state index in [1.54, 1.807) is 32.4 Å². The predicted molar refractivity (Wildman–Crippen MR) is 152 cm³/mol. The van der Waals surface area contributed by atoms with Crippen LogP contribution in [0.15, 0.2) is 18.2 Å². The molecule has 2 fully saturated rings. The molecule has 3 heterocycles. The third-order valence-electron chi connectivity index (χ3n) is 8.59. The first-order valence-electron chi connectivity index (χ1n) is 14.1. The van der Waals surface area contributed by atoms with Crippen LogP contribution in [0.4, 0.5) is 5.82 Å². The van der Waals surface area contributed by atoms with Gasteiger partial charge in [-0.2, -0.15) is 0 Å². The number of rotatable bonds is 5. The highest BCUT2D eigenvalue weighted by Gasteiger charge is 2.30. The Labute approximate surface area is 229 Å². The molecule has 1 aromatic carbocycles. The molecule has 3 aliphatic rings. The molecule has 1 amide bonds. The van der Waals surface area contributed by atoms with Gasteiger partial charge in [0.05, 0.1) is 19.6 Å².